The van der Waals surface area contributed by atoms with Gasteiger partial charge in [-0.3, -0.25) is 4.90 Å². The van der Waals surface area contributed by atoms with E-state index in [0.29, 0.717) is 0 Å². The minimum absolute atomic E-state index is 0.755. The predicted molar refractivity (Wildman–Crippen MR) is 75.9 cm³/mol. The summed E-state index contributed by atoms with van der Waals surface area (Å²) < 4.78 is 0. The van der Waals surface area contributed by atoms with Crippen LogP contribution < -0.4 is 5.32 Å². The molecule has 1 aliphatic heterocycles. The molecule has 1 aliphatic carbocycles. The Labute approximate surface area is 110 Å². The van der Waals surface area contributed by atoms with Crippen LogP contribution in [-0.2, 0) is 0 Å². The van der Waals surface area contributed by atoms with Crippen molar-refractivity contribution in [1.82, 2.24) is 10.2 Å². The number of hydrogen-bond donors (Lipinski definition) is 1. The molecule has 0 amide bonds. The molecule has 0 spiro atoms. The fourth-order valence-electron chi connectivity index (χ4n) is 3.67. The first-order chi connectivity index (χ1) is 8.86. The van der Waals surface area contributed by atoms with E-state index in [9.17, 15) is 0 Å². The maximum Gasteiger partial charge on any atom is 0.0111 e. The fraction of sp³-hybridized carbons (Fsp3) is 0.625. The summed E-state index contributed by atoms with van der Waals surface area (Å²) in [6.45, 7) is 2.56. The van der Waals surface area contributed by atoms with Crippen LogP contribution in [0.5, 0.6) is 0 Å². The molecule has 1 saturated carbocycles. The molecule has 1 aromatic carbocycles. The normalized spacial score (nSPS) is 33.1. The Bertz CT molecular complexity index is 376. The molecule has 3 unspecified atom stereocenters. The second kappa shape index (κ2) is 5.41. The third-order valence-corrected chi connectivity index (χ3v) is 4.82. The van der Waals surface area contributed by atoms with Gasteiger partial charge in [0.1, 0.15) is 0 Å². The third kappa shape index (κ3) is 2.45. The summed E-state index contributed by atoms with van der Waals surface area (Å²) in [5, 5.41) is 3.43. The Morgan fingerprint density at radius 3 is 2.67 bits per heavy atom. The second-order valence-corrected chi connectivity index (χ2v) is 5.84. The van der Waals surface area contributed by atoms with Gasteiger partial charge in [0.25, 0.3) is 0 Å². The van der Waals surface area contributed by atoms with Gasteiger partial charge in [-0.25, -0.2) is 0 Å². The molecular weight excluding hydrogens is 220 g/mol. The van der Waals surface area contributed by atoms with Gasteiger partial charge < -0.3 is 5.32 Å². The monoisotopic (exact) mass is 244 g/mol. The molecule has 1 N–H and O–H groups in total. The minimum Gasteiger partial charge on any atom is -0.317 e. The highest BCUT2D eigenvalue weighted by Crippen LogP contribution is 2.33. The van der Waals surface area contributed by atoms with E-state index in [1.54, 1.807) is 0 Å². The third-order valence-electron chi connectivity index (χ3n) is 4.82. The summed E-state index contributed by atoms with van der Waals surface area (Å²) in [6, 6.07) is 12.6. The van der Waals surface area contributed by atoms with Crippen LogP contribution in [0.4, 0.5) is 0 Å². The van der Waals surface area contributed by atoms with E-state index in [1.807, 2.05) is 0 Å². The molecule has 1 heterocycles. The zero-order valence-electron chi connectivity index (χ0n) is 11.3. The fourth-order valence-corrected chi connectivity index (χ4v) is 3.67. The number of likely N-dealkylation sites (tertiary alicyclic amines) is 1. The Kier molecular flexibility index (Phi) is 3.67. The van der Waals surface area contributed by atoms with Crippen molar-refractivity contribution in [2.75, 3.05) is 20.1 Å². The first-order valence-electron chi connectivity index (χ1n) is 7.33. The summed E-state index contributed by atoms with van der Waals surface area (Å²) >= 11 is 0. The molecule has 98 valence electrons. The lowest BCUT2D eigenvalue weighted by Crippen LogP contribution is -2.33. The molecule has 2 heteroatoms. The molecule has 3 atom stereocenters. The summed E-state index contributed by atoms with van der Waals surface area (Å²) in [5.41, 5.74) is 1.53. The summed E-state index contributed by atoms with van der Waals surface area (Å²) in [5.74, 6) is 0.764. The number of nitrogens with one attached hydrogen (secondary N) is 1. The van der Waals surface area contributed by atoms with Gasteiger partial charge in [0.15, 0.2) is 0 Å². The van der Waals surface area contributed by atoms with Crippen LogP contribution >= 0.6 is 0 Å². The standard InChI is InChI=1S/C16H24N2/c1-17-15-7-8-16(11-15)18-10-9-14(12-18)13-5-3-2-4-6-13/h2-6,14-17H,7-12H2,1H3. The second-order valence-electron chi connectivity index (χ2n) is 5.84. The molecule has 2 aliphatic rings. The van der Waals surface area contributed by atoms with Gasteiger partial charge in [-0.1, -0.05) is 30.3 Å². The number of rotatable bonds is 3. The van der Waals surface area contributed by atoms with Crippen LogP contribution in [0.2, 0.25) is 0 Å². The average Bonchev–Trinajstić information content (AvgIpc) is 3.08. The zero-order chi connectivity index (χ0) is 12.4. The van der Waals surface area contributed by atoms with Gasteiger partial charge in [0.2, 0.25) is 0 Å². The van der Waals surface area contributed by atoms with Gasteiger partial charge in [-0.15, -0.1) is 0 Å². The molecule has 2 fully saturated rings. The first kappa shape index (κ1) is 12.2. The zero-order valence-corrected chi connectivity index (χ0v) is 11.3. The lowest BCUT2D eigenvalue weighted by Gasteiger charge is -2.24. The van der Waals surface area contributed by atoms with E-state index in [-0.39, 0.29) is 0 Å². The maximum atomic E-state index is 3.43. The molecule has 18 heavy (non-hydrogen) atoms. The van der Waals surface area contributed by atoms with Crippen molar-refractivity contribution in [1.29, 1.82) is 0 Å². The van der Waals surface area contributed by atoms with E-state index in [2.05, 4.69) is 47.6 Å². The van der Waals surface area contributed by atoms with Crippen LogP contribution in [-0.4, -0.2) is 37.1 Å². The molecule has 1 saturated heterocycles. The number of benzene rings is 1. The Morgan fingerprint density at radius 1 is 1.11 bits per heavy atom. The highest BCUT2D eigenvalue weighted by atomic mass is 15.2. The van der Waals surface area contributed by atoms with Gasteiger partial charge in [0.05, 0.1) is 0 Å². The Balaban J connectivity index is 1.59. The van der Waals surface area contributed by atoms with Crippen LogP contribution in [0.15, 0.2) is 30.3 Å². The molecule has 0 radical (unpaired) electrons. The first-order valence-corrected chi connectivity index (χ1v) is 7.33. The van der Waals surface area contributed by atoms with Crippen LogP contribution in [0, 0.1) is 0 Å². The van der Waals surface area contributed by atoms with Crippen molar-refractivity contribution in [2.45, 2.75) is 43.7 Å². The summed E-state index contributed by atoms with van der Waals surface area (Å²) in [6.07, 6.45) is 5.42. The number of nitrogens with zero attached hydrogens (tertiary/aromatic N) is 1. The Hall–Kier alpha value is -0.860. The lowest BCUT2D eigenvalue weighted by atomic mass is 9.99. The van der Waals surface area contributed by atoms with Crippen molar-refractivity contribution < 1.29 is 0 Å². The van der Waals surface area contributed by atoms with Crippen molar-refractivity contribution in [3.05, 3.63) is 35.9 Å². The van der Waals surface area contributed by atoms with Crippen molar-refractivity contribution in [3.8, 4) is 0 Å². The van der Waals surface area contributed by atoms with Crippen molar-refractivity contribution in [2.24, 2.45) is 0 Å². The van der Waals surface area contributed by atoms with E-state index in [1.165, 1.54) is 44.3 Å². The average molecular weight is 244 g/mol. The van der Waals surface area contributed by atoms with Crippen LogP contribution in [0.25, 0.3) is 0 Å². The van der Waals surface area contributed by atoms with Gasteiger partial charge in [-0.2, -0.15) is 0 Å². The predicted octanol–water partition coefficient (Wildman–Crippen LogP) is 2.62. The van der Waals surface area contributed by atoms with Crippen molar-refractivity contribution in [3.63, 3.8) is 0 Å². The maximum absolute atomic E-state index is 3.43. The van der Waals surface area contributed by atoms with E-state index in [0.717, 1.165) is 18.0 Å². The molecule has 0 bridgehead atoms. The van der Waals surface area contributed by atoms with E-state index >= 15 is 0 Å². The van der Waals surface area contributed by atoms with Gasteiger partial charge in [-0.05, 0) is 50.8 Å². The smallest absolute Gasteiger partial charge is 0.0111 e. The summed E-state index contributed by atoms with van der Waals surface area (Å²) in [4.78, 5) is 2.73. The van der Waals surface area contributed by atoms with Gasteiger partial charge in [0, 0.05) is 18.6 Å². The number of hydrogen-bond acceptors (Lipinski definition) is 2. The van der Waals surface area contributed by atoms with Gasteiger partial charge >= 0.3 is 0 Å². The molecule has 0 aromatic heterocycles. The molecule has 1 aromatic rings. The van der Waals surface area contributed by atoms with Crippen LogP contribution in [0.3, 0.4) is 0 Å². The minimum atomic E-state index is 0.755. The SMILES string of the molecule is CNC1CCC(N2CCC(c3ccccc3)C2)C1. The van der Waals surface area contributed by atoms with Crippen molar-refractivity contribution >= 4 is 0 Å². The van der Waals surface area contributed by atoms with E-state index < -0.39 is 0 Å². The highest BCUT2D eigenvalue weighted by Gasteiger charge is 2.33. The largest absolute Gasteiger partial charge is 0.317 e. The van der Waals surface area contributed by atoms with Crippen LogP contribution in [0.1, 0.15) is 37.2 Å². The van der Waals surface area contributed by atoms with E-state index in [4.69, 9.17) is 0 Å². The molecule has 2 nitrogen and oxygen atoms in total. The molecule has 3 rings (SSSR count). The lowest BCUT2D eigenvalue weighted by molar-refractivity contribution is 0.240. The highest BCUT2D eigenvalue weighted by molar-refractivity contribution is 5.21. The summed E-state index contributed by atoms with van der Waals surface area (Å²) in [7, 11) is 2.10. The quantitative estimate of drug-likeness (QED) is 0.879. The molecular formula is C16H24N2. The Morgan fingerprint density at radius 2 is 1.94 bits per heavy atom. The topological polar surface area (TPSA) is 15.3 Å².